The highest BCUT2D eigenvalue weighted by atomic mass is 16.4. The van der Waals surface area contributed by atoms with E-state index < -0.39 is 29.1 Å². The van der Waals surface area contributed by atoms with Crippen LogP contribution in [0.1, 0.15) is 0 Å². The SMILES string of the molecule is O=C(O)n1c(=O)c2[nH]cnc2n(C(=O)O)c1=O. The standard InChI is InChI=1S/C7H4N4O6/c12-4-2-3(9-1-8-2)10(6(14)15)5(13)11(4)7(16)17/h1H,(H,8,9)(H,14,15)(H,16,17). The fourth-order valence-electron chi connectivity index (χ4n) is 1.34. The zero-order chi connectivity index (χ0) is 12.7. The van der Waals surface area contributed by atoms with Crippen LogP contribution in [0, 0.1) is 0 Å². The third-order valence-electron chi connectivity index (χ3n) is 2.01. The number of hydrogen-bond acceptors (Lipinski definition) is 5. The fourth-order valence-corrected chi connectivity index (χ4v) is 1.34. The second-order valence-electron chi connectivity index (χ2n) is 2.92. The number of nitrogens with one attached hydrogen (secondary N) is 1. The first-order chi connectivity index (χ1) is 7.95. The molecule has 0 aromatic carbocycles. The second kappa shape index (κ2) is 3.30. The highest BCUT2D eigenvalue weighted by molar-refractivity contribution is 5.83. The van der Waals surface area contributed by atoms with Gasteiger partial charge in [-0.1, -0.05) is 0 Å². The summed E-state index contributed by atoms with van der Waals surface area (Å²) in [7, 11) is 0. The Labute approximate surface area is 90.4 Å². The van der Waals surface area contributed by atoms with Crippen LogP contribution in [-0.4, -0.2) is 41.5 Å². The van der Waals surface area contributed by atoms with Crippen molar-refractivity contribution in [3.05, 3.63) is 27.2 Å². The van der Waals surface area contributed by atoms with Gasteiger partial charge in [0.25, 0.3) is 5.56 Å². The van der Waals surface area contributed by atoms with E-state index in [-0.39, 0.29) is 14.7 Å². The number of fused-ring (bicyclic) bond motifs is 1. The lowest BCUT2D eigenvalue weighted by Gasteiger charge is -2.02. The molecule has 0 amide bonds. The van der Waals surface area contributed by atoms with E-state index in [1.54, 1.807) is 0 Å². The molecule has 0 fully saturated rings. The van der Waals surface area contributed by atoms with Gasteiger partial charge in [0.1, 0.15) is 0 Å². The Hall–Kier alpha value is -2.91. The summed E-state index contributed by atoms with van der Waals surface area (Å²) in [6, 6.07) is 0. The van der Waals surface area contributed by atoms with Crippen LogP contribution in [0.25, 0.3) is 11.2 Å². The molecule has 2 rings (SSSR count). The molecule has 0 aliphatic heterocycles. The van der Waals surface area contributed by atoms with Crippen LogP contribution in [0.3, 0.4) is 0 Å². The van der Waals surface area contributed by atoms with Crippen molar-refractivity contribution < 1.29 is 19.8 Å². The van der Waals surface area contributed by atoms with E-state index in [2.05, 4.69) is 9.97 Å². The Morgan fingerprint density at radius 2 is 1.76 bits per heavy atom. The van der Waals surface area contributed by atoms with Crippen molar-refractivity contribution in [1.82, 2.24) is 19.1 Å². The molecule has 0 saturated carbocycles. The molecule has 0 spiro atoms. The Morgan fingerprint density at radius 1 is 1.18 bits per heavy atom. The molecule has 0 radical (unpaired) electrons. The van der Waals surface area contributed by atoms with Gasteiger partial charge < -0.3 is 15.2 Å². The van der Waals surface area contributed by atoms with Gasteiger partial charge in [0.2, 0.25) is 0 Å². The van der Waals surface area contributed by atoms with Crippen molar-refractivity contribution in [3.63, 3.8) is 0 Å². The summed E-state index contributed by atoms with van der Waals surface area (Å²) >= 11 is 0. The third-order valence-corrected chi connectivity index (χ3v) is 2.01. The van der Waals surface area contributed by atoms with E-state index in [1.165, 1.54) is 0 Å². The van der Waals surface area contributed by atoms with Gasteiger partial charge in [-0.25, -0.2) is 19.4 Å². The van der Waals surface area contributed by atoms with Crippen LogP contribution in [0.5, 0.6) is 0 Å². The summed E-state index contributed by atoms with van der Waals surface area (Å²) in [5.41, 5.74) is -3.50. The molecule has 17 heavy (non-hydrogen) atoms. The minimum Gasteiger partial charge on any atom is -0.464 e. The minimum absolute atomic E-state index is 0.0708. The van der Waals surface area contributed by atoms with Crippen molar-refractivity contribution in [2.45, 2.75) is 0 Å². The number of aromatic nitrogens is 4. The number of nitrogens with zero attached hydrogens (tertiary/aromatic N) is 3. The predicted octanol–water partition coefficient (Wildman–Crippen LogP) is -1.06. The molecule has 2 heterocycles. The molecule has 88 valence electrons. The number of H-pyrrole nitrogens is 1. The van der Waals surface area contributed by atoms with Gasteiger partial charge in [0.15, 0.2) is 11.2 Å². The zero-order valence-corrected chi connectivity index (χ0v) is 7.95. The number of hydrogen-bond donors (Lipinski definition) is 3. The third kappa shape index (κ3) is 1.31. The first-order valence-electron chi connectivity index (χ1n) is 4.13. The average Bonchev–Trinajstić information content (AvgIpc) is 2.65. The summed E-state index contributed by atoms with van der Waals surface area (Å²) < 4.78 is -0.143. The molecule has 0 saturated heterocycles. The van der Waals surface area contributed by atoms with Gasteiger partial charge in [-0.2, -0.15) is 9.13 Å². The smallest absolute Gasteiger partial charge is 0.422 e. The van der Waals surface area contributed by atoms with Gasteiger partial charge in [0.05, 0.1) is 6.33 Å². The Bertz CT molecular complexity index is 750. The number of rotatable bonds is 0. The fraction of sp³-hybridized carbons (Fsp3) is 0. The first kappa shape index (κ1) is 10.6. The van der Waals surface area contributed by atoms with Crippen LogP contribution in [0.4, 0.5) is 9.59 Å². The summed E-state index contributed by atoms with van der Waals surface area (Å²) in [6.45, 7) is 0. The maximum Gasteiger partial charge on any atom is 0.422 e. The highest BCUT2D eigenvalue weighted by Crippen LogP contribution is 2.00. The maximum absolute atomic E-state index is 11.5. The van der Waals surface area contributed by atoms with Crippen LogP contribution < -0.4 is 11.2 Å². The van der Waals surface area contributed by atoms with E-state index in [1.807, 2.05) is 0 Å². The number of imidazole rings is 1. The van der Waals surface area contributed by atoms with Crippen molar-refractivity contribution >= 4 is 23.4 Å². The predicted molar refractivity (Wildman–Crippen MR) is 51.5 cm³/mol. The van der Waals surface area contributed by atoms with E-state index in [4.69, 9.17) is 10.2 Å². The second-order valence-corrected chi connectivity index (χ2v) is 2.92. The maximum atomic E-state index is 11.5. The molecule has 10 nitrogen and oxygen atoms in total. The van der Waals surface area contributed by atoms with Gasteiger partial charge in [-0.05, 0) is 0 Å². The van der Waals surface area contributed by atoms with Gasteiger partial charge in [-0.3, -0.25) is 4.79 Å². The van der Waals surface area contributed by atoms with Crippen molar-refractivity contribution in [2.75, 3.05) is 0 Å². The number of carboxylic acid groups (broad SMARTS) is 2. The van der Waals surface area contributed by atoms with Gasteiger partial charge >= 0.3 is 17.9 Å². The molecule has 0 bridgehead atoms. The quantitative estimate of drug-likeness (QED) is 0.531. The van der Waals surface area contributed by atoms with E-state index in [0.29, 0.717) is 0 Å². The number of aromatic amines is 1. The molecule has 0 atom stereocenters. The van der Waals surface area contributed by atoms with E-state index >= 15 is 0 Å². The van der Waals surface area contributed by atoms with Crippen LogP contribution in [-0.2, 0) is 0 Å². The molecular formula is C7H4N4O6. The Kier molecular flexibility index (Phi) is 2.06. The average molecular weight is 240 g/mol. The summed E-state index contributed by atoms with van der Waals surface area (Å²) in [6.07, 6.45) is -2.62. The normalized spacial score (nSPS) is 10.6. The topological polar surface area (TPSA) is 147 Å². The molecule has 0 unspecified atom stereocenters. The number of carbonyl (C=O) groups is 2. The largest absolute Gasteiger partial charge is 0.464 e. The van der Waals surface area contributed by atoms with E-state index in [0.717, 1.165) is 6.33 Å². The van der Waals surface area contributed by atoms with Crippen LogP contribution in [0.2, 0.25) is 0 Å². The van der Waals surface area contributed by atoms with Crippen molar-refractivity contribution in [1.29, 1.82) is 0 Å². The molecule has 0 aliphatic carbocycles. The van der Waals surface area contributed by atoms with Crippen LogP contribution in [0.15, 0.2) is 15.9 Å². The van der Waals surface area contributed by atoms with Crippen molar-refractivity contribution in [3.8, 4) is 0 Å². The monoisotopic (exact) mass is 240 g/mol. The lowest BCUT2D eigenvalue weighted by Crippen LogP contribution is -2.45. The van der Waals surface area contributed by atoms with Crippen molar-refractivity contribution in [2.24, 2.45) is 0 Å². The molecule has 2 aromatic heterocycles. The van der Waals surface area contributed by atoms with Gasteiger partial charge in [-0.15, -0.1) is 0 Å². The lowest BCUT2D eigenvalue weighted by atomic mass is 10.5. The molecule has 0 aliphatic rings. The van der Waals surface area contributed by atoms with Crippen LogP contribution >= 0.6 is 0 Å². The molecular weight excluding hydrogens is 236 g/mol. The summed E-state index contributed by atoms with van der Waals surface area (Å²) in [5.74, 6) is 0. The lowest BCUT2D eigenvalue weighted by molar-refractivity contribution is 0.190. The highest BCUT2D eigenvalue weighted by Gasteiger charge is 2.22. The molecule has 10 heteroatoms. The molecule has 2 aromatic rings. The Balaban J connectivity index is 3.14. The van der Waals surface area contributed by atoms with Gasteiger partial charge in [0, 0.05) is 0 Å². The van der Waals surface area contributed by atoms with E-state index in [9.17, 15) is 19.2 Å². The summed E-state index contributed by atoms with van der Waals surface area (Å²) in [4.78, 5) is 50.3. The summed E-state index contributed by atoms with van der Waals surface area (Å²) in [5, 5.41) is 17.5. The zero-order valence-electron chi connectivity index (χ0n) is 7.95. The molecule has 3 N–H and O–H groups in total. The Morgan fingerprint density at radius 3 is 2.29 bits per heavy atom. The minimum atomic E-state index is -1.87. The first-order valence-corrected chi connectivity index (χ1v) is 4.13.